The first kappa shape index (κ1) is 13.1. The molecule has 0 spiro atoms. The minimum Gasteiger partial charge on any atom is -0.465 e. The molecule has 0 aliphatic heterocycles. The summed E-state index contributed by atoms with van der Waals surface area (Å²) in [6.45, 7) is -0.538. The fourth-order valence-corrected chi connectivity index (χ4v) is 1.14. The van der Waals surface area contributed by atoms with E-state index >= 15 is 0 Å². The highest BCUT2D eigenvalue weighted by Gasteiger charge is 2.31. The maximum atomic E-state index is 11.9. The van der Waals surface area contributed by atoms with Crippen LogP contribution in [0.15, 0.2) is 18.2 Å². The molecular formula is C9H8F3NO4. The van der Waals surface area contributed by atoms with Gasteiger partial charge in [0.15, 0.2) is 0 Å². The van der Waals surface area contributed by atoms with Crippen molar-refractivity contribution in [1.82, 2.24) is 0 Å². The molecule has 5 nitrogen and oxygen atoms in total. The maximum Gasteiger partial charge on any atom is 0.573 e. The number of ether oxygens (including phenoxy) is 1. The number of nitrogens with one attached hydrogen (secondary N) is 1. The van der Waals surface area contributed by atoms with Crippen LogP contribution >= 0.6 is 0 Å². The minimum absolute atomic E-state index is 0.0931. The fraction of sp³-hybridized carbons (Fsp3) is 0.222. The van der Waals surface area contributed by atoms with Gasteiger partial charge in [-0.15, -0.1) is 13.2 Å². The topological polar surface area (TPSA) is 78.8 Å². The smallest absolute Gasteiger partial charge is 0.465 e. The molecule has 0 heterocycles. The number of carboxylic acid groups (broad SMARTS) is 1. The summed E-state index contributed by atoms with van der Waals surface area (Å²) in [5.74, 6) is -0.604. The zero-order chi connectivity index (χ0) is 13.1. The minimum atomic E-state index is -4.88. The molecule has 0 aliphatic carbocycles. The summed E-state index contributed by atoms with van der Waals surface area (Å²) in [6, 6.07) is 3.01. The Hall–Kier alpha value is -1.96. The third kappa shape index (κ3) is 4.60. The van der Waals surface area contributed by atoms with E-state index in [2.05, 4.69) is 4.74 Å². The van der Waals surface area contributed by atoms with Crippen LogP contribution in [0, 0.1) is 0 Å². The van der Waals surface area contributed by atoms with Crippen LogP contribution in [-0.2, 0) is 6.61 Å². The van der Waals surface area contributed by atoms with Gasteiger partial charge in [0.25, 0.3) is 0 Å². The normalized spacial score (nSPS) is 11.1. The molecule has 0 bridgehead atoms. The van der Waals surface area contributed by atoms with Crippen molar-refractivity contribution in [1.29, 1.82) is 0 Å². The Morgan fingerprint density at radius 1 is 1.35 bits per heavy atom. The highest BCUT2D eigenvalue weighted by atomic mass is 19.4. The lowest BCUT2D eigenvalue weighted by molar-refractivity contribution is -0.274. The highest BCUT2D eigenvalue weighted by Crippen LogP contribution is 2.27. The van der Waals surface area contributed by atoms with Crippen molar-refractivity contribution in [2.75, 3.05) is 5.32 Å². The summed E-state index contributed by atoms with van der Waals surface area (Å²) in [4.78, 5) is 10.3. The molecule has 94 valence electrons. The first-order chi connectivity index (χ1) is 7.80. The number of alkyl halides is 3. The molecule has 0 atom stereocenters. The first-order valence-corrected chi connectivity index (χ1v) is 4.30. The predicted octanol–water partition coefficient (Wildman–Crippen LogP) is 2.17. The monoisotopic (exact) mass is 251 g/mol. The average Bonchev–Trinajstić information content (AvgIpc) is 2.13. The van der Waals surface area contributed by atoms with Crippen LogP contribution < -0.4 is 10.1 Å². The Bertz CT molecular complexity index is 419. The molecule has 1 amide bonds. The van der Waals surface area contributed by atoms with Gasteiger partial charge in [-0.1, -0.05) is 0 Å². The molecule has 1 rings (SSSR count). The van der Waals surface area contributed by atoms with Crippen LogP contribution in [0.4, 0.5) is 23.7 Å². The van der Waals surface area contributed by atoms with Gasteiger partial charge < -0.3 is 14.9 Å². The summed E-state index contributed by atoms with van der Waals surface area (Å²) >= 11 is 0. The molecule has 0 aliphatic rings. The Kier molecular flexibility index (Phi) is 3.79. The van der Waals surface area contributed by atoms with E-state index in [9.17, 15) is 18.0 Å². The standard InChI is InChI=1S/C9H8F3NO4/c10-9(11,12)17-7-2-5(4-14)1-6(3-7)13-8(15)16/h1-3,13-14H,4H2,(H,15,16). The molecule has 0 aromatic heterocycles. The third-order valence-corrected chi connectivity index (χ3v) is 1.63. The summed E-state index contributed by atoms with van der Waals surface area (Å²) < 4.78 is 39.5. The molecule has 3 N–H and O–H groups in total. The average molecular weight is 251 g/mol. The molecule has 0 fully saturated rings. The number of halogens is 3. The maximum absolute atomic E-state index is 11.9. The van der Waals surface area contributed by atoms with E-state index in [1.807, 2.05) is 5.32 Å². The highest BCUT2D eigenvalue weighted by molar-refractivity contribution is 5.83. The van der Waals surface area contributed by atoms with Crippen LogP contribution in [-0.4, -0.2) is 22.7 Å². The van der Waals surface area contributed by atoms with Gasteiger partial charge >= 0.3 is 12.5 Å². The molecule has 1 aromatic carbocycles. The molecule has 17 heavy (non-hydrogen) atoms. The third-order valence-electron chi connectivity index (χ3n) is 1.63. The van der Waals surface area contributed by atoms with Crippen molar-refractivity contribution in [2.24, 2.45) is 0 Å². The lowest BCUT2D eigenvalue weighted by atomic mass is 10.2. The van der Waals surface area contributed by atoms with Crippen molar-refractivity contribution < 1.29 is 32.9 Å². The van der Waals surface area contributed by atoms with Crippen LogP contribution in [0.3, 0.4) is 0 Å². The molecule has 8 heteroatoms. The number of hydrogen-bond donors (Lipinski definition) is 3. The van der Waals surface area contributed by atoms with E-state index in [-0.39, 0.29) is 11.3 Å². The van der Waals surface area contributed by atoms with Crippen molar-refractivity contribution in [3.05, 3.63) is 23.8 Å². The van der Waals surface area contributed by atoms with Crippen LogP contribution in [0.1, 0.15) is 5.56 Å². The van der Waals surface area contributed by atoms with Crippen LogP contribution in [0.25, 0.3) is 0 Å². The Morgan fingerprint density at radius 2 is 2.00 bits per heavy atom. The van der Waals surface area contributed by atoms with Crippen molar-refractivity contribution in [2.45, 2.75) is 13.0 Å². The van der Waals surface area contributed by atoms with Gasteiger partial charge in [-0.05, 0) is 17.7 Å². The van der Waals surface area contributed by atoms with Gasteiger partial charge in [-0.3, -0.25) is 5.32 Å². The number of benzene rings is 1. The number of carbonyl (C=O) groups is 1. The van der Waals surface area contributed by atoms with E-state index < -0.39 is 24.8 Å². The zero-order valence-electron chi connectivity index (χ0n) is 8.28. The molecule has 0 radical (unpaired) electrons. The largest absolute Gasteiger partial charge is 0.573 e. The summed E-state index contributed by atoms with van der Waals surface area (Å²) in [6.07, 6.45) is -6.31. The number of hydrogen-bond acceptors (Lipinski definition) is 3. The number of anilines is 1. The van der Waals surface area contributed by atoms with Gasteiger partial charge in [0.1, 0.15) is 5.75 Å². The van der Waals surface area contributed by atoms with Gasteiger partial charge in [0.2, 0.25) is 0 Å². The van der Waals surface area contributed by atoms with E-state index in [1.54, 1.807) is 0 Å². The van der Waals surface area contributed by atoms with E-state index in [0.29, 0.717) is 0 Å². The van der Waals surface area contributed by atoms with Crippen LogP contribution in [0.2, 0.25) is 0 Å². The lowest BCUT2D eigenvalue weighted by Gasteiger charge is -2.11. The SMILES string of the molecule is O=C(O)Nc1cc(CO)cc(OC(F)(F)F)c1. The van der Waals surface area contributed by atoms with Crippen molar-refractivity contribution in [3.8, 4) is 5.75 Å². The van der Waals surface area contributed by atoms with Gasteiger partial charge in [0, 0.05) is 11.8 Å². The fourth-order valence-electron chi connectivity index (χ4n) is 1.14. The summed E-state index contributed by atoms with van der Waals surface area (Å²) in [5.41, 5.74) is -0.0289. The summed E-state index contributed by atoms with van der Waals surface area (Å²) in [7, 11) is 0. The van der Waals surface area contributed by atoms with Gasteiger partial charge in [-0.2, -0.15) is 0 Å². The Labute approximate surface area is 93.4 Å². The first-order valence-electron chi connectivity index (χ1n) is 4.30. The number of rotatable bonds is 3. The van der Waals surface area contributed by atoms with Crippen molar-refractivity contribution >= 4 is 11.8 Å². The quantitative estimate of drug-likeness (QED) is 0.769. The Morgan fingerprint density at radius 3 is 2.47 bits per heavy atom. The van der Waals surface area contributed by atoms with Gasteiger partial charge in [0.05, 0.1) is 6.61 Å². The summed E-state index contributed by atoms with van der Waals surface area (Å²) in [5, 5.41) is 19.1. The second-order valence-corrected chi connectivity index (χ2v) is 3.00. The van der Waals surface area contributed by atoms with Crippen LogP contribution in [0.5, 0.6) is 5.75 Å². The number of aliphatic hydroxyl groups is 1. The molecular weight excluding hydrogens is 243 g/mol. The molecule has 0 saturated heterocycles. The second kappa shape index (κ2) is 4.91. The second-order valence-electron chi connectivity index (χ2n) is 3.00. The molecule has 1 aromatic rings. The number of aliphatic hydroxyl groups excluding tert-OH is 1. The Balaban J connectivity index is 3.00. The van der Waals surface area contributed by atoms with E-state index in [0.717, 1.165) is 12.1 Å². The molecule has 0 saturated carbocycles. The molecule has 0 unspecified atom stereocenters. The zero-order valence-corrected chi connectivity index (χ0v) is 8.28. The van der Waals surface area contributed by atoms with E-state index in [4.69, 9.17) is 10.2 Å². The number of amides is 1. The lowest BCUT2D eigenvalue weighted by Crippen LogP contribution is -2.17. The predicted molar refractivity (Wildman–Crippen MR) is 50.7 cm³/mol. The van der Waals surface area contributed by atoms with Gasteiger partial charge in [-0.25, -0.2) is 4.79 Å². The van der Waals surface area contributed by atoms with E-state index in [1.165, 1.54) is 6.07 Å². The van der Waals surface area contributed by atoms with Crippen molar-refractivity contribution in [3.63, 3.8) is 0 Å².